The van der Waals surface area contributed by atoms with Crippen LogP contribution in [0.1, 0.15) is 0 Å². The zero-order valence-corrected chi connectivity index (χ0v) is 17.5. The summed E-state index contributed by atoms with van der Waals surface area (Å²) in [6.07, 6.45) is 0. The standard InChI is InChI=1S/C19H15Cl2N3O2S2/c20-13-4-3-5-15(12-13)24-28(25,26)16-10-8-14(9-11-16)22-19(27)23-18-7-2-1-6-17(18)21/h1-12,24H,(H2,22,23,27). The summed E-state index contributed by atoms with van der Waals surface area (Å²) in [5, 5.41) is 7.29. The highest BCUT2D eigenvalue weighted by molar-refractivity contribution is 7.92. The fourth-order valence-corrected chi connectivity index (χ4v) is 3.98. The number of halogens is 2. The van der Waals surface area contributed by atoms with Gasteiger partial charge in [0.2, 0.25) is 0 Å². The van der Waals surface area contributed by atoms with E-state index in [2.05, 4.69) is 15.4 Å². The van der Waals surface area contributed by atoms with Gasteiger partial charge in [0.05, 0.1) is 21.3 Å². The van der Waals surface area contributed by atoms with Gasteiger partial charge in [-0.1, -0.05) is 41.4 Å². The monoisotopic (exact) mass is 451 g/mol. The van der Waals surface area contributed by atoms with E-state index in [4.69, 9.17) is 35.4 Å². The molecule has 0 spiro atoms. The predicted molar refractivity (Wildman–Crippen MR) is 120 cm³/mol. The largest absolute Gasteiger partial charge is 0.332 e. The molecule has 144 valence electrons. The molecule has 28 heavy (non-hydrogen) atoms. The molecule has 0 unspecified atom stereocenters. The second kappa shape index (κ2) is 8.79. The number of sulfonamides is 1. The first-order valence-electron chi connectivity index (χ1n) is 8.04. The minimum absolute atomic E-state index is 0.114. The summed E-state index contributed by atoms with van der Waals surface area (Å²) in [6.45, 7) is 0. The molecule has 0 amide bonds. The van der Waals surface area contributed by atoms with E-state index in [0.29, 0.717) is 32.2 Å². The van der Waals surface area contributed by atoms with Gasteiger partial charge < -0.3 is 10.6 Å². The van der Waals surface area contributed by atoms with Crippen LogP contribution >= 0.6 is 35.4 Å². The summed E-state index contributed by atoms with van der Waals surface area (Å²) >= 11 is 17.2. The highest BCUT2D eigenvalue weighted by Gasteiger charge is 2.14. The molecular formula is C19H15Cl2N3O2S2. The van der Waals surface area contributed by atoms with E-state index in [1.165, 1.54) is 18.2 Å². The van der Waals surface area contributed by atoms with Gasteiger partial charge in [0.1, 0.15) is 0 Å². The third-order valence-corrected chi connectivity index (χ3v) is 5.79. The maximum Gasteiger partial charge on any atom is 0.261 e. The molecule has 3 N–H and O–H groups in total. The Bertz CT molecular complexity index is 1100. The van der Waals surface area contributed by atoms with Crippen LogP contribution < -0.4 is 15.4 Å². The number of hydrogen-bond donors (Lipinski definition) is 3. The van der Waals surface area contributed by atoms with Crippen LogP contribution in [0.25, 0.3) is 0 Å². The van der Waals surface area contributed by atoms with E-state index in [9.17, 15) is 8.42 Å². The lowest BCUT2D eigenvalue weighted by molar-refractivity contribution is 0.601. The van der Waals surface area contributed by atoms with Crippen LogP contribution in [-0.2, 0) is 10.0 Å². The molecule has 0 aliphatic heterocycles. The number of thiocarbonyl (C=S) groups is 1. The lowest BCUT2D eigenvalue weighted by atomic mass is 10.3. The lowest BCUT2D eigenvalue weighted by Crippen LogP contribution is -2.19. The van der Waals surface area contributed by atoms with Crippen LogP contribution in [0.3, 0.4) is 0 Å². The van der Waals surface area contributed by atoms with Crippen LogP contribution in [-0.4, -0.2) is 13.5 Å². The number of benzene rings is 3. The second-order valence-electron chi connectivity index (χ2n) is 5.70. The average molecular weight is 452 g/mol. The summed E-state index contributed by atoms with van der Waals surface area (Å²) < 4.78 is 27.5. The third-order valence-electron chi connectivity index (χ3n) is 3.62. The molecule has 0 fully saturated rings. The molecule has 0 radical (unpaired) electrons. The molecule has 0 aliphatic rings. The normalized spacial score (nSPS) is 10.9. The van der Waals surface area contributed by atoms with E-state index in [0.717, 1.165) is 0 Å². The molecule has 0 aromatic heterocycles. The van der Waals surface area contributed by atoms with Gasteiger partial charge in [0.15, 0.2) is 5.11 Å². The molecule has 9 heteroatoms. The molecule has 3 rings (SSSR count). The van der Waals surface area contributed by atoms with Crippen molar-refractivity contribution in [3.8, 4) is 0 Å². The first kappa shape index (κ1) is 20.4. The number of rotatable bonds is 5. The Labute approximate surface area is 178 Å². The molecule has 0 saturated carbocycles. The Kier molecular flexibility index (Phi) is 6.41. The highest BCUT2D eigenvalue weighted by atomic mass is 35.5. The summed E-state index contributed by atoms with van der Waals surface area (Å²) in [5.41, 5.74) is 1.69. The van der Waals surface area contributed by atoms with E-state index in [-0.39, 0.29) is 4.90 Å². The van der Waals surface area contributed by atoms with Gasteiger partial charge in [0.25, 0.3) is 10.0 Å². The predicted octanol–water partition coefficient (Wildman–Crippen LogP) is 5.60. The van der Waals surface area contributed by atoms with E-state index >= 15 is 0 Å². The van der Waals surface area contributed by atoms with Crippen LogP contribution in [0, 0.1) is 0 Å². The molecule has 0 saturated heterocycles. The van der Waals surface area contributed by atoms with Crippen molar-refractivity contribution in [2.24, 2.45) is 0 Å². The Morgan fingerprint density at radius 3 is 2.21 bits per heavy atom. The Balaban J connectivity index is 1.67. The molecule has 0 atom stereocenters. The Morgan fingerprint density at radius 1 is 0.821 bits per heavy atom. The Morgan fingerprint density at radius 2 is 1.54 bits per heavy atom. The van der Waals surface area contributed by atoms with Crippen molar-refractivity contribution in [1.29, 1.82) is 0 Å². The van der Waals surface area contributed by atoms with Crippen molar-refractivity contribution < 1.29 is 8.42 Å². The van der Waals surface area contributed by atoms with Crippen LogP contribution in [0.2, 0.25) is 10.0 Å². The summed E-state index contributed by atoms with van der Waals surface area (Å²) in [5.74, 6) is 0. The van der Waals surface area contributed by atoms with Gasteiger partial charge >= 0.3 is 0 Å². The molecular weight excluding hydrogens is 437 g/mol. The van der Waals surface area contributed by atoms with Gasteiger partial charge in [-0.2, -0.15) is 0 Å². The minimum Gasteiger partial charge on any atom is -0.332 e. The molecule has 0 bridgehead atoms. The molecule has 3 aromatic carbocycles. The van der Waals surface area contributed by atoms with Gasteiger partial charge in [0, 0.05) is 10.7 Å². The van der Waals surface area contributed by atoms with Crippen molar-refractivity contribution in [2.75, 3.05) is 15.4 Å². The van der Waals surface area contributed by atoms with E-state index in [1.807, 2.05) is 12.1 Å². The first-order valence-corrected chi connectivity index (χ1v) is 10.7. The van der Waals surface area contributed by atoms with Crippen LogP contribution in [0.4, 0.5) is 17.1 Å². The second-order valence-corrected chi connectivity index (χ2v) is 8.63. The zero-order valence-electron chi connectivity index (χ0n) is 14.3. The van der Waals surface area contributed by atoms with Crippen molar-refractivity contribution in [1.82, 2.24) is 0 Å². The Hall–Kier alpha value is -2.32. The number of anilines is 3. The fraction of sp³-hybridized carbons (Fsp3) is 0. The maximum absolute atomic E-state index is 12.5. The number of para-hydroxylation sites is 1. The van der Waals surface area contributed by atoms with Crippen molar-refractivity contribution in [3.63, 3.8) is 0 Å². The fourth-order valence-electron chi connectivity index (χ4n) is 2.33. The van der Waals surface area contributed by atoms with Crippen LogP contribution in [0.15, 0.2) is 77.7 Å². The first-order chi connectivity index (χ1) is 13.3. The van der Waals surface area contributed by atoms with Gasteiger partial charge in [-0.15, -0.1) is 0 Å². The smallest absolute Gasteiger partial charge is 0.261 e. The van der Waals surface area contributed by atoms with Crippen molar-refractivity contribution in [3.05, 3.63) is 82.8 Å². The van der Waals surface area contributed by atoms with E-state index < -0.39 is 10.0 Å². The molecule has 3 aromatic rings. The average Bonchev–Trinajstić information content (AvgIpc) is 2.64. The number of hydrogen-bond acceptors (Lipinski definition) is 3. The summed E-state index contributed by atoms with van der Waals surface area (Å²) in [6, 6.07) is 19.9. The van der Waals surface area contributed by atoms with Crippen LogP contribution in [0.5, 0.6) is 0 Å². The van der Waals surface area contributed by atoms with Crippen molar-refractivity contribution in [2.45, 2.75) is 4.90 Å². The molecule has 5 nitrogen and oxygen atoms in total. The van der Waals surface area contributed by atoms with E-state index in [1.54, 1.807) is 42.5 Å². The summed E-state index contributed by atoms with van der Waals surface area (Å²) in [7, 11) is -3.73. The molecule has 0 heterocycles. The third kappa shape index (κ3) is 5.36. The quantitative estimate of drug-likeness (QED) is 0.440. The SMILES string of the molecule is O=S(=O)(Nc1cccc(Cl)c1)c1ccc(NC(=S)Nc2ccccc2Cl)cc1. The summed E-state index contributed by atoms with van der Waals surface area (Å²) in [4.78, 5) is 0.114. The minimum atomic E-state index is -3.73. The molecule has 0 aliphatic carbocycles. The van der Waals surface area contributed by atoms with Gasteiger partial charge in [-0.05, 0) is 66.8 Å². The number of nitrogens with one attached hydrogen (secondary N) is 3. The highest BCUT2D eigenvalue weighted by Crippen LogP contribution is 2.22. The topological polar surface area (TPSA) is 70.2 Å². The van der Waals surface area contributed by atoms with Gasteiger partial charge in [-0.25, -0.2) is 8.42 Å². The van der Waals surface area contributed by atoms with Gasteiger partial charge in [-0.3, -0.25) is 4.72 Å². The van der Waals surface area contributed by atoms with Crippen molar-refractivity contribution >= 4 is 67.6 Å². The maximum atomic E-state index is 12.5. The zero-order chi connectivity index (χ0) is 20.1. The lowest BCUT2D eigenvalue weighted by Gasteiger charge is -2.12.